The minimum absolute atomic E-state index is 0.0956. The number of ether oxygens (including phenoxy) is 1. The number of benzene rings is 1. The zero-order valence-electron chi connectivity index (χ0n) is 11.2. The van der Waals surface area contributed by atoms with E-state index >= 15 is 0 Å². The zero-order valence-corrected chi connectivity index (χ0v) is 11.2. The predicted molar refractivity (Wildman–Crippen MR) is 71.5 cm³/mol. The molecule has 0 atom stereocenters. The summed E-state index contributed by atoms with van der Waals surface area (Å²) in [6.45, 7) is 2.43. The summed E-state index contributed by atoms with van der Waals surface area (Å²) in [4.78, 5) is 12.3. The third-order valence-electron chi connectivity index (χ3n) is 3.76. The van der Waals surface area contributed by atoms with Crippen LogP contribution in [0.4, 0.5) is 10.1 Å². The van der Waals surface area contributed by atoms with Gasteiger partial charge >= 0.3 is 0 Å². The molecule has 1 aliphatic carbocycles. The van der Waals surface area contributed by atoms with Crippen LogP contribution in [0.3, 0.4) is 0 Å². The van der Waals surface area contributed by atoms with Crippen molar-refractivity contribution in [3.05, 3.63) is 24.0 Å². The molecule has 1 aromatic rings. The van der Waals surface area contributed by atoms with E-state index in [-0.39, 0.29) is 11.7 Å². The first-order valence-electron chi connectivity index (χ1n) is 6.36. The molecule has 1 saturated carbocycles. The maximum absolute atomic E-state index is 13.3. The van der Waals surface area contributed by atoms with Gasteiger partial charge in [0, 0.05) is 18.3 Å². The van der Waals surface area contributed by atoms with Crippen LogP contribution in [-0.2, 0) is 4.79 Å². The van der Waals surface area contributed by atoms with Crippen LogP contribution < -0.4 is 15.8 Å². The maximum Gasteiger partial charge on any atom is 0.231 e. The Balaban J connectivity index is 2.11. The zero-order chi connectivity index (χ0) is 14.0. The van der Waals surface area contributed by atoms with Crippen molar-refractivity contribution >= 4 is 11.6 Å². The minimum Gasteiger partial charge on any atom is -0.494 e. The van der Waals surface area contributed by atoms with Gasteiger partial charge in [-0.25, -0.2) is 4.39 Å². The van der Waals surface area contributed by atoms with Crippen molar-refractivity contribution in [3.8, 4) is 5.75 Å². The number of nitrogens with two attached hydrogens (primary N) is 1. The summed E-state index contributed by atoms with van der Waals surface area (Å²) in [7, 11) is 1.39. The van der Waals surface area contributed by atoms with Crippen LogP contribution in [-0.4, -0.2) is 19.6 Å². The number of amides is 1. The van der Waals surface area contributed by atoms with E-state index in [2.05, 4.69) is 12.2 Å². The number of methoxy groups -OCH3 is 1. The second-order valence-corrected chi connectivity index (χ2v) is 5.30. The fourth-order valence-electron chi connectivity index (χ4n) is 2.72. The second-order valence-electron chi connectivity index (χ2n) is 5.30. The molecule has 1 amide bonds. The van der Waals surface area contributed by atoms with Crippen LogP contribution in [0, 0.1) is 17.2 Å². The number of halogens is 1. The summed E-state index contributed by atoms with van der Waals surface area (Å²) >= 11 is 0. The van der Waals surface area contributed by atoms with Crippen molar-refractivity contribution < 1.29 is 13.9 Å². The fourth-order valence-corrected chi connectivity index (χ4v) is 2.72. The molecule has 0 radical (unpaired) electrons. The third kappa shape index (κ3) is 2.56. The molecule has 0 saturated heterocycles. The molecule has 1 aromatic carbocycles. The van der Waals surface area contributed by atoms with Crippen molar-refractivity contribution in [2.45, 2.75) is 19.8 Å². The number of hydrogen-bond acceptors (Lipinski definition) is 3. The molecule has 4 nitrogen and oxygen atoms in total. The highest BCUT2D eigenvalue weighted by molar-refractivity contribution is 5.96. The van der Waals surface area contributed by atoms with E-state index in [9.17, 15) is 9.18 Å². The molecule has 0 spiro atoms. The smallest absolute Gasteiger partial charge is 0.231 e. The highest BCUT2D eigenvalue weighted by atomic mass is 19.1. The monoisotopic (exact) mass is 266 g/mol. The standard InChI is InChI=1S/C14H19FN2O2/c1-9-6-14(7-9,8-16)13(18)17-10-3-4-11(15)12(5-10)19-2/h3-5,9H,6-8,16H2,1-2H3,(H,17,18). The summed E-state index contributed by atoms with van der Waals surface area (Å²) < 4.78 is 18.2. The molecular formula is C14H19FN2O2. The maximum atomic E-state index is 13.3. The van der Waals surface area contributed by atoms with E-state index in [1.165, 1.54) is 25.3 Å². The molecule has 0 heterocycles. The lowest BCUT2D eigenvalue weighted by Crippen LogP contribution is -2.51. The van der Waals surface area contributed by atoms with Gasteiger partial charge < -0.3 is 15.8 Å². The number of carbonyl (C=O) groups excluding carboxylic acids is 1. The molecule has 3 N–H and O–H groups in total. The summed E-state index contributed by atoms with van der Waals surface area (Å²) in [5.74, 6) is 0.0895. The van der Waals surface area contributed by atoms with Gasteiger partial charge in [0.1, 0.15) is 0 Å². The molecule has 1 aliphatic rings. The highest BCUT2D eigenvalue weighted by Gasteiger charge is 2.47. The Labute approximate surface area is 112 Å². The normalized spacial score (nSPS) is 25.6. The molecule has 0 unspecified atom stereocenters. The Bertz CT molecular complexity index is 484. The van der Waals surface area contributed by atoms with Gasteiger partial charge in [-0.3, -0.25) is 4.79 Å². The molecule has 104 valence electrons. The number of hydrogen-bond donors (Lipinski definition) is 2. The third-order valence-corrected chi connectivity index (χ3v) is 3.76. The van der Waals surface area contributed by atoms with E-state index in [1.54, 1.807) is 0 Å². The molecule has 0 bridgehead atoms. The first-order chi connectivity index (χ1) is 9.00. The lowest BCUT2D eigenvalue weighted by atomic mass is 9.62. The van der Waals surface area contributed by atoms with Crippen LogP contribution in [0.25, 0.3) is 0 Å². The molecule has 5 heteroatoms. The molecule has 1 fully saturated rings. The highest BCUT2D eigenvalue weighted by Crippen LogP contribution is 2.45. The van der Waals surface area contributed by atoms with Crippen LogP contribution in [0.5, 0.6) is 5.75 Å². The quantitative estimate of drug-likeness (QED) is 0.877. The molecular weight excluding hydrogens is 247 g/mol. The van der Waals surface area contributed by atoms with Gasteiger partial charge in [-0.05, 0) is 30.9 Å². The first kappa shape index (κ1) is 13.8. The van der Waals surface area contributed by atoms with E-state index in [0.29, 0.717) is 18.2 Å². The molecule has 19 heavy (non-hydrogen) atoms. The van der Waals surface area contributed by atoms with Crippen molar-refractivity contribution in [2.24, 2.45) is 17.1 Å². The van der Waals surface area contributed by atoms with E-state index < -0.39 is 11.2 Å². The van der Waals surface area contributed by atoms with Gasteiger partial charge in [-0.15, -0.1) is 0 Å². The van der Waals surface area contributed by atoms with Crippen LogP contribution in [0.1, 0.15) is 19.8 Å². The van der Waals surface area contributed by atoms with Gasteiger partial charge in [0.25, 0.3) is 0 Å². The largest absolute Gasteiger partial charge is 0.494 e. The average Bonchev–Trinajstić information content (AvgIpc) is 2.36. The second kappa shape index (κ2) is 5.17. The minimum atomic E-state index is -0.471. The topological polar surface area (TPSA) is 64.3 Å². The Morgan fingerprint density at radius 3 is 2.79 bits per heavy atom. The van der Waals surface area contributed by atoms with E-state index in [1.807, 2.05) is 0 Å². The van der Waals surface area contributed by atoms with E-state index in [4.69, 9.17) is 10.5 Å². The van der Waals surface area contributed by atoms with Crippen LogP contribution in [0.2, 0.25) is 0 Å². The Hall–Kier alpha value is -1.62. The van der Waals surface area contributed by atoms with Crippen molar-refractivity contribution in [3.63, 3.8) is 0 Å². The van der Waals surface area contributed by atoms with Gasteiger partial charge in [0.15, 0.2) is 11.6 Å². The number of nitrogens with one attached hydrogen (secondary N) is 1. The SMILES string of the molecule is COc1cc(NC(=O)C2(CN)CC(C)C2)ccc1F. The fraction of sp³-hybridized carbons (Fsp3) is 0.500. The summed E-state index contributed by atoms with van der Waals surface area (Å²) in [5.41, 5.74) is 5.77. The van der Waals surface area contributed by atoms with Gasteiger partial charge in [0.05, 0.1) is 12.5 Å². The van der Waals surface area contributed by atoms with Crippen molar-refractivity contribution in [1.82, 2.24) is 0 Å². The van der Waals surface area contributed by atoms with Gasteiger partial charge in [0.2, 0.25) is 5.91 Å². The Morgan fingerprint density at radius 2 is 2.26 bits per heavy atom. The van der Waals surface area contributed by atoms with Gasteiger partial charge in [-0.1, -0.05) is 6.92 Å². The Morgan fingerprint density at radius 1 is 1.58 bits per heavy atom. The average molecular weight is 266 g/mol. The van der Waals surface area contributed by atoms with Crippen molar-refractivity contribution in [2.75, 3.05) is 19.0 Å². The lowest BCUT2D eigenvalue weighted by Gasteiger charge is -2.44. The summed E-state index contributed by atoms with van der Waals surface area (Å²) in [5, 5.41) is 2.79. The number of rotatable bonds is 4. The first-order valence-corrected chi connectivity index (χ1v) is 6.36. The number of anilines is 1. The van der Waals surface area contributed by atoms with Crippen molar-refractivity contribution in [1.29, 1.82) is 0 Å². The Kier molecular flexibility index (Phi) is 3.75. The van der Waals surface area contributed by atoms with E-state index in [0.717, 1.165) is 12.8 Å². The number of carbonyl (C=O) groups is 1. The summed E-state index contributed by atoms with van der Waals surface area (Å²) in [6, 6.07) is 4.26. The predicted octanol–water partition coefficient (Wildman–Crippen LogP) is 2.15. The molecule has 2 rings (SSSR count). The van der Waals surface area contributed by atoms with Gasteiger partial charge in [-0.2, -0.15) is 0 Å². The van der Waals surface area contributed by atoms with Crippen LogP contribution in [0.15, 0.2) is 18.2 Å². The molecule has 0 aliphatic heterocycles. The lowest BCUT2D eigenvalue weighted by molar-refractivity contribution is -0.132. The molecule has 0 aromatic heterocycles. The summed E-state index contributed by atoms with van der Waals surface area (Å²) in [6.07, 6.45) is 1.60. The van der Waals surface area contributed by atoms with Crippen LogP contribution >= 0.6 is 0 Å².